The minimum absolute atomic E-state index is 0.122. The summed E-state index contributed by atoms with van der Waals surface area (Å²) in [5, 5.41) is 12.9. The second-order valence-electron chi connectivity index (χ2n) is 6.59. The first-order valence-corrected chi connectivity index (χ1v) is 8.32. The van der Waals surface area contributed by atoms with Crippen molar-refractivity contribution in [1.29, 1.82) is 0 Å². The average Bonchev–Trinajstić information content (AvgIpc) is 2.57. The molecule has 6 nitrogen and oxygen atoms in total. The molecule has 6 heteroatoms. The van der Waals surface area contributed by atoms with E-state index < -0.39 is 0 Å². The van der Waals surface area contributed by atoms with Gasteiger partial charge in [-0.2, -0.15) is 0 Å². The lowest BCUT2D eigenvalue weighted by Crippen LogP contribution is -2.43. The zero-order valence-electron chi connectivity index (χ0n) is 15.3. The summed E-state index contributed by atoms with van der Waals surface area (Å²) in [6.45, 7) is 8.94. The second kappa shape index (κ2) is 7.70. The highest BCUT2D eigenvalue weighted by Gasteiger charge is 2.17. The Morgan fingerprint density at radius 3 is 2.48 bits per heavy atom. The van der Waals surface area contributed by atoms with Crippen LogP contribution in [0.2, 0.25) is 0 Å². The third-order valence-corrected chi connectivity index (χ3v) is 4.53. The van der Waals surface area contributed by atoms with Crippen molar-refractivity contribution >= 4 is 16.9 Å². The molecule has 0 saturated carbocycles. The standard InChI is InChI=1S/C19H25NO5/c1-10(2)15(8-21)20-17(22)9-24-16-7-6-14-11(3)12(4)19(23)25-18(14)13(16)5/h6-7,10,15,21H,8-9H2,1-5H3,(H,20,22)/t15-/m1/s1. The van der Waals surface area contributed by atoms with Crippen molar-refractivity contribution in [3.05, 3.63) is 39.2 Å². The largest absolute Gasteiger partial charge is 0.483 e. The van der Waals surface area contributed by atoms with Crippen molar-refractivity contribution in [2.24, 2.45) is 5.92 Å². The minimum atomic E-state index is -0.370. The zero-order valence-corrected chi connectivity index (χ0v) is 15.3. The van der Waals surface area contributed by atoms with Crippen LogP contribution in [0.5, 0.6) is 5.75 Å². The highest BCUT2D eigenvalue weighted by molar-refractivity contribution is 5.85. The molecule has 2 N–H and O–H groups in total. The molecule has 136 valence electrons. The van der Waals surface area contributed by atoms with Crippen molar-refractivity contribution in [1.82, 2.24) is 5.32 Å². The van der Waals surface area contributed by atoms with Crippen molar-refractivity contribution in [3.63, 3.8) is 0 Å². The summed E-state index contributed by atoms with van der Waals surface area (Å²) >= 11 is 0. The topological polar surface area (TPSA) is 88.8 Å². The fourth-order valence-electron chi connectivity index (χ4n) is 2.60. The summed E-state index contributed by atoms with van der Waals surface area (Å²) in [5.74, 6) is 0.296. The Labute approximate surface area is 146 Å². The van der Waals surface area contributed by atoms with E-state index in [0.29, 0.717) is 22.5 Å². The minimum Gasteiger partial charge on any atom is -0.483 e. The number of aliphatic hydroxyl groups is 1. The summed E-state index contributed by atoms with van der Waals surface area (Å²) in [6.07, 6.45) is 0. The van der Waals surface area contributed by atoms with E-state index in [1.54, 1.807) is 19.9 Å². The molecule has 0 aliphatic rings. The maximum absolute atomic E-state index is 12.0. The molecule has 1 atom stereocenters. The monoisotopic (exact) mass is 347 g/mol. The number of nitrogens with one attached hydrogen (secondary N) is 1. The van der Waals surface area contributed by atoms with Gasteiger partial charge in [-0.05, 0) is 44.4 Å². The number of carbonyl (C=O) groups is 1. The van der Waals surface area contributed by atoms with Gasteiger partial charge in [-0.15, -0.1) is 0 Å². The summed E-state index contributed by atoms with van der Waals surface area (Å²) in [5.41, 5.74) is 2.24. The molecule has 2 rings (SSSR count). The molecule has 1 aromatic carbocycles. The number of rotatable bonds is 6. The molecule has 1 aromatic heterocycles. The molecule has 0 fully saturated rings. The molecular weight excluding hydrogens is 322 g/mol. The van der Waals surface area contributed by atoms with Crippen molar-refractivity contribution < 1.29 is 19.1 Å². The zero-order chi connectivity index (χ0) is 18.7. The number of aliphatic hydroxyl groups excluding tert-OH is 1. The smallest absolute Gasteiger partial charge is 0.339 e. The first-order chi connectivity index (χ1) is 11.8. The normalized spacial score (nSPS) is 12.4. The van der Waals surface area contributed by atoms with Crippen molar-refractivity contribution in [2.45, 2.75) is 40.7 Å². The van der Waals surface area contributed by atoms with Gasteiger partial charge in [-0.1, -0.05) is 13.8 Å². The molecule has 2 aromatic rings. The van der Waals surface area contributed by atoms with Gasteiger partial charge in [0.2, 0.25) is 0 Å². The van der Waals surface area contributed by atoms with Gasteiger partial charge in [0.15, 0.2) is 6.61 Å². The predicted octanol–water partition coefficient (Wildman–Crippen LogP) is 2.23. The van der Waals surface area contributed by atoms with Crippen LogP contribution in [0.15, 0.2) is 21.3 Å². The Balaban J connectivity index is 2.20. The molecule has 0 bridgehead atoms. The molecular formula is C19H25NO5. The summed E-state index contributed by atoms with van der Waals surface area (Å²) in [6, 6.07) is 3.28. The van der Waals surface area contributed by atoms with Crippen LogP contribution in [0.3, 0.4) is 0 Å². The van der Waals surface area contributed by atoms with Gasteiger partial charge in [-0.3, -0.25) is 4.79 Å². The van der Waals surface area contributed by atoms with E-state index in [0.717, 1.165) is 10.9 Å². The van der Waals surface area contributed by atoms with Gasteiger partial charge in [0, 0.05) is 16.5 Å². The van der Waals surface area contributed by atoms with Crippen LogP contribution in [0.25, 0.3) is 11.0 Å². The van der Waals surface area contributed by atoms with Crippen LogP contribution >= 0.6 is 0 Å². The molecule has 0 unspecified atom stereocenters. The lowest BCUT2D eigenvalue weighted by molar-refractivity contribution is -0.124. The Bertz CT molecular complexity index is 838. The molecule has 1 amide bonds. The van der Waals surface area contributed by atoms with Gasteiger partial charge in [0.1, 0.15) is 11.3 Å². The van der Waals surface area contributed by atoms with E-state index in [1.165, 1.54) is 0 Å². The maximum Gasteiger partial charge on any atom is 0.339 e. The number of ether oxygens (including phenoxy) is 1. The number of benzene rings is 1. The summed E-state index contributed by atoms with van der Waals surface area (Å²) in [7, 11) is 0. The van der Waals surface area contributed by atoms with Gasteiger partial charge < -0.3 is 19.6 Å². The molecule has 0 spiro atoms. The van der Waals surface area contributed by atoms with Gasteiger partial charge >= 0.3 is 5.63 Å². The van der Waals surface area contributed by atoms with E-state index in [1.807, 2.05) is 26.8 Å². The van der Waals surface area contributed by atoms with Gasteiger partial charge in [0.05, 0.1) is 12.6 Å². The first-order valence-electron chi connectivity index (χ1n) is 8.32. The fourth-order valence-corrected chi connectivity index (χ4v) is 2.60. The third-order valence-electron chi connectivity index (χ3n) is 4.53. The van der Waals surface area contributed by atoms with E-state index in [4.69, 9.17) is 9.15 Å². The first kappa shape index (κ1) is 19.0. The molecule has 0 aliphatic heterocycles. The Hall–Kier alpha value is -2.34. The highest BCUT2D eigenvalue weighted by Crippen LogP contribution is 2.29. The summed E-state index contributed by atoms with van der Waals surface area (Å²) in [4.78, 5) is 23.9. The SMILES string of the molecule is Cc1c(C)c2ccc(OCC(=O)N[C@H](CO)C(C)C)c(C)c2oc1=O. The predicted molar refractivity (Wildman–Crippen MR) is 96.0 cm³/mol. The molecule has 25 heavy (non-hydrogen) atoms. The van der Waals surface area contributed by atoms with Crippen LogP contribution in [0.4, 0.5) is 0 Å². The lowest BCUT2D eigenvalue weighted by atomic mass is 10.0. The Kier molecular flexibility index (Phi) is 5.85. The van der Waals surface area contributed by atoms with Crippen LogP contribution in [-0.2, 0) is 4.79 Å². The Morgan fingerprint density at radius 1 is 1.20 bits per heavy atom. The summed E-state index contributed by atoms with van der Waals surface area (Å²) < 4.78 is 11.0. The molecule has 0 saturated heterocycles. The van der Waals surface area contributed by atoms with E-state index in [-0.39, 0.29) is 36.7 Å². The highest BCUT2D eigenvalue weighted by atomic mass is 16.5. The maximum atomic E-state index is 12.0. The van der Waals surface area contributed by atoms with E-state index in [2.05, 4.69) is 5.32 Å². The lowest BCUT2D eigenvalue weighted by Gasteiger charge is -2.20. The number of aryl methyl sites for hydroxylation is 2. The van der Waals surface area contributed by atoms with Crippen molar-refractivity contribution in [2.75, 3.05) is 13.2 Å². The third kappa shape index (κ3) is 4.02. The average molecular weight is 347 g/mol. The fraction of sp³-hybridized carbons (Fsp3) is 0.474. The van der Waals surface area contributed by atoms with Gasteiger partial charge in [-0.25, -0.2) is 4.79 Å². The quantitative estimate of drug-likeness (QED) is 0.782. The molecule has 1 heterocycles. The van der Waals surface area contributed by atoms with Crippen LogP contribution in [-0.4, -0.2) is 30.3 Å². The number of amides is 1. The molecule has 0 radical (unpaired) electrons. The van der Waals surface area contributed by atoms with Crippen LogP contribution in [0.1, 0.15) is 30.5 Å². The van der Waals surface area contributed by atoms with Crippen molar-refractivity contribution in [3.8, 4) is 5.75 Å². The number of hydrogen-bond donors (Lipinski definition) is 2. The Morgan fingerprint density at radius 2 is 1.88 bits per heavy atom. The van der Waals surface area contributed by atoms with Gasteiger partial charge in [0.25, 0.3) is 5.91 Å². The van der Waals surface area contributed by atoms with E-state index in [9.17, 15) is 14.7 Å². The van der Waals surface area contributed by atoms with Crippen LogP contribution < -0.4 is 15.7 Å². The van der Waals surface area contributed by atoms with E-state index >= 15 is 0 Å². The number of carbonyl (C=O) groups excluding carboxylic acids is 1. The number of hydrogen-bond acceptors (Lipinski definition) is 5. The number of fused-ring (bicyclic) bond motifs is 1. The van der Waals surface area contributed by atoms with Crippen LogP contribution in [0, 0.1) is 26.7 Å². The second-order valence-corrected chi connectivity index (χ2v) is 6.59. The molecule has 0 aliphatic carbocycles.